The number of carbonyl (C=O) groups is 2. The van der Waals surface area contributed by atoms with Crippen molar-refractivity contribution in [2.24, 2.45) is 0 Å². The van der Waals surface area contributed by atoms with Crippen LogP contribution in [0.2, 0.25) is 5.02 Å². The van der Waals surface area contributed by atoms with Crippen molar-refractivity contribution in [1.29, 1.82) is 0 Å². The first-order chi connectivity index (χ1) is 15.5. The molecule has 4 rings (SSSR count). The topological polar surface area (TPSA) is 99.3 Å². The lowest BCUT2D eigenvalue weighted by molar-refractivity contribution is 0.0396. The number of morpholine rings is 1. The van der Waals surface area contributed by atoms with Crippen molar-refractivity contribution in [2.75, 3.05) is 36.5 Å². The molecule has 0 saturated carbocycles. The van der Waals surface area contributed by atoms with Gasteiger partial charge in [0.2, 0.25) is 0 Å². The van der Waals surface area contributed by atoms with E-state index in [0.717, 1.165) is 12.2 Å². The van der Waals surface area contributed by atoms with Crippen LogP contribution >= 0.6 is 27.5 Å². The maximum Gasteiger partial charge on any atom is 0.270 e. The fourth-order valence-electron chi connectivity index (χ4n) is 3.39. The number of amides is 2. The van der Waals surface area contributed by atoms with Crippen molar-refractivity contribution in [3.63, 3.8) is 0 Å². The van der Waals surface area contributed by atoms with Crippen molar-refractivity contribution in [2.45, 2.75) is 6.10 Å². The predicted octanol–water partition coefficient (Wildman–Crippen LogP) is 3.71. The molecule has 0 aliphatic carbocycles. The molecule has 166 valence electrons. The third-order valence-corrected chi connectivity index (χ3v) is 6.14. The fourth-order valence-corrected chi connectivity index (χ4v) is 4.07. The first-order valence-electron chi connectivity index (χ1n) is 10.0. The van der Waals surface area contributed by atoms with Gasteiger partial charge in [-0.2, -0.15) is 5.10 Å². The van der Waals surface area contributed by atoms with Crippen LogP contribution in [-0.4, -0.2) is 54.4 Å². The number of rotatable bonds is 6. The number of hydrogen-bond donors (Lipinski definition) is 3. The van der Waals surface area contributed by atoms with Gasteiger partial charge >= 0.3 is 0 Å². The van der Waals surface area contributed by atoms with E-state index in [9.17, 15) is 9.59 Å². The maximum absolute atomic E-state index is 12.7. The van der Waals surface area contributed by atoms with Crippen LogP contribution in [-0.2, 0) is 4.74 Å². The van der Waals surface area contributed by atoms with Gasteiger partial charge in [0.25, 0.3) is 11.8 Å². The summed E-state index contributed by atoms with van der Waals surface area (Å²) in [5.74, 6) is -0.585. The molecule has 3 N–H and O–H groups in total. The molecule has 3 aromatic rings. The summed E-state index contributed by atoms with van der Waals surface area (Å²) >= 11 is 9.40. The number of anilines is 2. The lowest BCUT2D eigenvalue weighted by atomic mass is 10.2. The molecule has 2 aromatic carbocycles. The van der Waals surface area contributed by atoms with Crippen molar-refractivity contribution in [3.05, 3.63) is 75.4 Å². The van der Waals surface area contributed by atoms with Crippen LogP contribution in [0.1, 0.15) is 20.8 Å². The minimum absolute atomic E-state index is 0.144. The predicted molar refractivity (Wildman–Crippen MR) is 126 cm³/mol. The first kappa shape index (κ1) is 22.3. The van der Waals surface area contributed by atoms with E-state index in [1.807, 2.05) is 18.2 Å². The van der Waals surface area contributed by atoms with Gasteiger partial charge in [-0.15, -0.1) is 0 Å². The number of benzene rings is 2. The third-order valence-electron chi connectivity index (χ3n) is 5.03. The zero-order valence-corrected chi connectivity index (χ0v) is 19.3. The normalized spacial score (nSPS) is 15.9. The zero-order valence-electron chi connectivity index (χ0n) is 17.0. The molecule has 1 aromatic heterocycles. The van der Waals surface area contributed by atoms with E-state index in [0.29, 0.717) is 34.8 Å². The van der Waals surface area contributed by atoms with E-state index >= 15 is 0 Å². The molecule has 2 heterocycles. The van der Waals surface area contributed by atoms with E-state index in [1.54, 1.807) is 24.3 Å². The molecule has 0 radical (unpaired) electrons. The highest BCUT2D eigenvalue weighted by atomic mass is 79.9. The Morgan fingerprint density at radius 3 is 2.69 bits per heavy atom. The monoisotopic (exact) mass is 517 g/mol. The highest BCUT2D eigenvalue weighted by Crippen LogP contribution is 2.25. The van der Waals surface area contributed by atoms with Crippen molar-refractivity contribution in [3.8, 4) is 0 Å². The number of ether oxygens (including phenoxy) is 1. The van der Waals surface area contributed by atoms with Gasteiger partial charge in [-0.05, 0) is 40.2 Å². The molecule has 1 aliphatic heterocycles. The zero-order chi connectivity index (χ0) is 22.5. The number of aromatic amines is 1. The number of nitrogens with zero attached hydrogens (tertiary/aromatic N) is 2. The molecular weight excluding hydrogens is 498 g/mol. The quantitative estimate of drug-likeness (QED) is 0.462. The standard InChI is InChI=1S/C22H21BrClN5O3/c23-18-19(27-28-20(18)26-21(30)16-8-4-5-9-17(16)24)22(31)25-12-15-13-29(10-11-32-15)14-6-2-1-3-7-14/h1-9,15H,10-13H2,(H,25,31)(H2,26,27,28,30). The second-order valence-corrected chi connectivity index (χ2v) is 8.38. The van der Waals surface area contributed by atoms with Crippen LogP contribution in [0.25, 0.3) is 0 Å². The summed E-state index contributed by atoms with van der Waals surface area (Å²) in [7, 11) is 0. The summed E-state index contributed by atoms with van der Waals surface area (Å²) in [6, 6.07) is 16.8. The van der Waals surface area contributed by atoms with Gasteiger partial charge in [0.15, 0.2) is 5.82 Å². The van der Waals surface area contributed by atoms with E-state index < -0.39 is 5.91 Å². The first-order valence-corrected chi connectivity index (χ1v) is 11.2. The van der Waals surface area contributed by atoms with Gasteiger partial charge in [0.05, 0.1) is 27.8 Å². The maximum atomic E-state index is 12.7. The molecule has 1 atom stereocenters. The molecule has 0 spiro atoms. The van der Waals surface area contributed by atoms with Crippen LogP contribution < -0.4 is 15.5 Å². The second-order valence-electron chi connectivity index (χ2n) is 7.18. The molecule has 1 aliphatic rings. The van der Waals surface area contributed by atoms with Crippen LogP contribution in [0.5, 0.6) is 0 Å². The number of carbonyl (C=O) groups excluding carboxylic acids is 2. The Hall–Kier alpha value is -2.88. The number of halogens is 2. The Kier molecular flexibility index (Phi) is 7.09. The summed E-state index contributed by atoms with van der Waals surface area (Å²) in [6.07, 6.45) is -0.144. The SMILES string of the molecule is O=C(Nc1n[nH]c(C(=O)NCC2CN(c3ccccc3)CCO2)c1Br)c1ccccc1Cl. The summed E-state index contributed by atoms with van der Waals surface area (Å²) in [5, 5.41) is 12.5. The van der Waals surface area contributed by atoms with Crippen LogP contribution in [0.4, 0.5) is 11.5 Å². The average Bonchev–Trinajstić information content (AvgIpc) is 3.18. The number of H-pyrrole nitrogens is 1. The Morgan fingerprint density at radius 2 is 1.91 bits per heavy atom. The van der Waals surface area contributed by atoms with Crippen molar-refractivity contribution >= 4 is 50.9 Å². The van der Waals surface area contributed by atoms with Gasteiger partial charge in [0, 0.05) is 25.3 Å². The summed E-state index contributed by atoms with van der Waals surface area (Å²) in [6.45, 7) is 2.40. The van der Waals surface area contributed by atoms with Gasteiger partial charge in [-0.25, -0.2) is 0 Å². The van der Waals surface area contributed by atoms with Crippen molar-refractivity contribution in [1.82, 2.24) is 15.5 Å². The average molecular weight is 519 g/mol. The summed E-state index contributed by atoms with van der Waals surface area (Å²) in [4.78, 5) is 27.4. The minimum atomic E-state index is -0.425. The van der Waals surface area contributed by atoms with Gasteiger partial charge in [0.1, 0.15) is 5.69 Å². The van der Waals surface area contributed by atoms with E-state index in [-0.39, 0.29) is 23.5 Å². The third kappa shape index (κ3) is 5.12. The summed E-state index contributed by atoms with van der Waals surface area (Å²) < 4.78 is 6.15. The van der Waals surface area contributed by atoms with Crippen LogP contribution in [0.15, 0.2) is 59.1 Å². The fraction of sp³-hybridized carbons (Fsp3) is 0.227. The molecule has 1 fully saturated rings. The second kappa shape index (κ2) is 10.2. The Morgan fingerprint density at radius 1 is 1.16 bits per heavy atom. The van der Waals surface area contributed by atoms with E-state index in [1.165, 1.54) is 0 Å². The van der Waals surface area contributed by atoms with Gasteiger partial charge < -0.3 is 20.3 Å². The number of hydrogen-bond acceptors (Lipinski definition) is 5. The van der Waals surface area contributed by atoms with E-state index in [2.05, 4.69) is 53.8 Å². The molecule has 8 nitrogen and oxygen atoms in total. The molecule has 1 unspecified atom stereocenters. The largest absolute Gasteiger partial charge is 0.373 e. The molecule has 32 heavy (non-hydrogen) atoms. The minimum Gasteiger partial charge on any atom is -0.373 e. The summed E-state index contributed by atoms with van der Waals surface area (Å²) in [5.41, 5.74) is 1.64. The number of para-hydroxylation sites is 1. The Labute approximate surface area is 198 Å². The number of nitrogens with one attached hydrogen (secondary N) is 3. The Bertz CT molecular complexity index is 1110. The molecule has 2 amide bonds. The highest BCUT2D eigenvalue weighted by Gasteiger charge is 2.24. The molecule has 0 bridgehead atoms. The lowest BCUT2D eigenvalue weighted by Crippen LogP contribution is -2.47. The smallest absolute Gasteiger partial charge is 0.270 e. The lowest BCUT2D eigenvalue weighted by Gasteiger charge is -2.34. The van der Waals surface area contributed by atoms with Crippen LogP contribution in [0.3, 0.4) is 0 Å². The number of aromatic nitrogens is 2. The molecule has 10 heteroatoms. The van der Waals surface area contributed by atoms with Gasteiger partial charge in [-0.1, -0.05) is 41.9 Å². The van der Waals surface area contributed by atoms with E-state index in [4.69, 9.17) is 16.3 Å². The molecular formula is C22H21BrClN5O3. The Balaban J connectivity index is 1.35. The highest BCUT2D eigenvalue weighted by molar-refractivity contribution is 9.10. The van der Waals surface area contributed by atoms with Crippen molar-refractivity contribution < 1.29 is 14.3 Å². The molecule has 1 saturated heterocycles. The van der Waals surface area contributed by atoms with Gasteiger partial charge in [-0.3, -0.25) is 14.7 Å². The van der Waals surface area contributed by atoms with Crippen LogP contribution in [0, 0.1) is 0 Å².